The highest BCUT2D eigenvalue weighted by molar-refractivity contribution is 7.13. The second kappa shape index (κ2) is 13.0. The van der Waals surface area contributed by atoms with Crippen molar-refractivity contribution in [1.82, 2.24) is 19.8 Å². The maximum atomic E-state index is 14.5. The standard InChI is InChI=1S/C34H35F3N4O3S/c1-6-22-9-12-25(44-5)16-29(22)41-30(15-20(2)3)26(32(42)40-14-13-38-21(4)18-40)17-27(33(41)43)31-39-28(19-45-31)23-7-10-24(11-8-23)34(35,36)37/h7-12,15-17,19,21,38H,6,13-14,18H2,1-5H3/t21-/m0/s1. The number of pyridine rings is 1. The predicted molar refractivity (Wildman–Crippen MR) is 172 cm³/mol. The summed E-state index contributed by atoms with van der Waals surface area (Å²) in [5, 5.41) is 5.42. The predicted octanol–water partition coefficient (Wildman–Crippen LogP) is 7.07. The van der Waals surface area contributed by atoms with E-state index in [0.717, 1.165) is 23.3 Å². The average Bonchev–Trinajstić information content (AvgIpc) is 3.50. The van der Waals surface area contributed by atoms with Gasteiger partial charge in [-0.2, -0.15) is 13.2 Å². The van der Waals surface area contributed by atoms with E-state index in [1.54, 1.807) is 34.1 Å². The summed E-state index contributed by atoms with van der Waals surface area (Å²) in [6.07, 6.45) is -1.98. The van der Waals surface area contributed by atoms with Crippen LogP contribution in [0.3, 0.4) is 0 Å². The molecule has 45 heavy (non-hydrogen) atoms. The Morgan fingerprint density at radius 3 is 2.51 bits per heavy atom. The molecule has 2 aromatic carbocycles. The van der Waals surface area contributed by atoms with Gasteiger partial charge in [0.1, 0.15) is 10.8 Å². The number of carbonyl (C=O) groups excluding carboxylic acids is 1. The molecule has 4 aromatic rings. The van der Waals surface area contributed by atoms with Gasteiger partial charge in [-0.1, -0.05) is 30.7 Å². The van der Waals surface area contributed by atoms with E-state index in [4.69, 9.17) is 4.74 Å². The van der Waals surface area contributed by atoms with Crippen LogP contribution in [0.4, 0.5) is 13.2 Å². The molecular formula is C34H35F3N4O3S. The van der Waals surface area contributed by atoms with Crippen LogP contribution in [-0.4, -0.2) is 53.1 Å². The minimum absolute atomic E-state index is 0.107. The number of aryl methyl sites for hydroxylation is 1. The number of thiazole rings is 1. The first-order valence-electron chi connectivity index (χ1n) is 14.7. The van der Waals surface area contributed by atoms with Gasteiger partial charge in [0.2, 0.25) is 0 Å². The molecule has 1 amide bonds. The molecule has 7 nitrogen and oxygen atoms in total. The van der Waals surface area contributed by atoms with E-state index in [9.17, 15) is 22.8 Å². The lowest BCUT2D eigenvalue weighted by Crippen LogP contribution is -2.51. The molecule has 1 saturated heterocycles. The van der Waals surface area contributed by atoms with E-state index in [1.807, 2.05) is 45.9 Å². The van der Waals surface area contributed by atoms with Gasteiger partial charge in [-0.25, -0.2) is 4.98 Å². The number of ether oxygens (including phenoxy) is 1. The number of hydrogen-bond acceptors (Lipinski definition) is 6. The Hall–Kier alpha value is -4.22. The summed E-state index contributed by atoms with van der Waals surface area (Å²) in [5.74, 6) is 0.358. The van der Waals surface area contributed by atoms with Gasteiger partial charge in [0.25, 0.3) is 11.5 Å². The monoisotopic (exact) mass is 636 g/mol. The zero-order valence-electron chi connectivity index (χ0n) is 25.8. The number of rotatable bonds is 7. The van der Waals surface area contributed by atoms with Crippen LogP contribution in [0.1, 0.15) is 54.9 Å². The van der Waals surface area contributed by atoms with Crippen LogP contribution >= 0.6 is 11.3 Å². The van der Waals surface area contributed by atoms with Crippen LogP contribution in [0.15, 0.2) is 64.3 Å². The number of methoxy groups -OCH3 is 1. The fourth-order valence-electron chi connectivity index (χ4n) is 5.43. The summed E-state index contributed by atoms with van der Waals surface area (Å²) in [6.45, 7) is 9.50. The summed E-state index contributed by atoms with van der Waals surface area (Å²) in [4.78, 5) is 35.3. The second-order valence-corrected chi connectivity index (χ2v) is 12.1. The summed E-state index contributed by atoms with van der Waals surface area (Å²) in [7, 11) is 1.56. The van der Waals surface area contributed by atoms with Crippen molar-refractivity contribution in [2.75, 3.05) is 26.7 Å². The van der Waals surface area contributed by atoms with Crippen molar-refractivity contribution < 1.29 is 22.7 Å². The molecule has 236 valence electrons. The van der Waals surface area contributed by atoms with Crippen LogP contribution in [0.25, 0.3) is 33.6 Å². The third-order valence-electron chi connectivity index (χ3n) is 7.71. The van der Waals surface area contributed by atoms with Crippen LogP contribution in [0.2, 0.25) is 0 Å². The van der Waals surface area contributed by atoms with E-state index in [1.165, 1.54) is 23.5 Å². The first-order chi connectivity index (χ1) is 21.4. The van der Waals surface area contributed by atoms with Gasteiger partial charge in [0.15, 0.2) is 0 Å². The van der Waals surface area contributed by atoms with E-state index in [2.05, 4.69) is 10.3 Å². The SMILES string of the molecule is CCc1ccc(OC)cc1-n1c(C=C(C)C)c(C(=O)N2CCN[C@@H](C)C2)cc(-c2nc(-c3ccc(C(F)(F)F)cc3)cs2)c1=O. The molecule has 0 aliphatic carbocycles. The number of nitrogens with one attached hydrogen (secondary N) is 1. The molecule has 5 rings (SSSR count). The highest BCUT2D eigenvalue weighted by atomic mass is 32.1. The van der Waals surface area contributed by atoms with Crippen LogP contribution in [0, 0.1) is 0 Å². The molecule has 0 unspecified atom stereocenters. The third-order valence-corrected chi connectivity index (χ3v) is 8.58. The molecular weight excluding hydrogens is 601 g/mol. The highest BCUT2D eigenvalue weighted by Gasteiger charge is 2.31. The normalized spacial score (nSPS) is 15.2. The zero-order valence-corrected chi connectivity index (χ0v) is 26.6. The lowest BCUT2D eigenvalue weighted by Gasteiger charge is -2.32. The van der Waals surface area contributed by atoms with Crippen molar-refractivity contribution in [1.29, 1.82) is 0 Å². The maximum absolute atomic E-state index is 14.5. The summed E-state index contributed by atoms with van der Waals surface area (Å²) < 4.78 is 46.5. The lowest BCUT2D eigenvalue weighted by molar-refractivity contribution is -0.137. The van der Waals surface area contributed by atoms with Gasteiger partial charge in [-0.3, -0.25) is 14.2 Å². The van der Waals surface area contributed by atoms with Crippen molar-refractivity contribution in [3.63, 3.8) is 0 Å². The molecule has 0 bridgehead atoms. The maximum Gasteiger partial charge on any atom is 0.416 e. The van der Waals surface area contributed by atoms with Crippen molar-refractivity contribution in [2.45, 2.75) is 46.3 Å². The number of halogens is 3. The molecule has 2 aromatic heterocycles. The lowest BCUT2D eigenvalue weighted by atomic mass is 10.0. The van der Waals surface area contributed by atoms with E-state index in [0.29, 0.717) is 65.0 Å². The molecule has 1 fully saturated rings. The molecule has 11 heteroatoms. The van der Waals surface area contributed by atoms with Crippen molar-refractivity contribution in [2.24, 2.45) is 0 Å². The summed E-state index contributed by atoms with van der Waals surface area (Å²) in [6, 6.07) is 12.0. The first-order valence-corrected chi connectivity index (χ1v) is 15.6. The number of nitrogens with zero attached hydrogens (tertiary/aromatic N) is 3. The zero-order chi connectivity index (χ0) is 32.5. The third kappa shape index (κ3) is 6.74. The van der Waals surface area contributed by atoms with E-state index < -0.39 is 11.7 Å². The number of allylic oxidation sites excluding steroid dienone is 1. The molecule has 3 heterocycles. The fraction of sp³-hybridized carbons (Fsp3) is 0.324. The van der Waals surface area contributed by atoms with Crippen molar-refractivity contribution in [3.05, 3.63) is 92.2 Å². The smallest absolute Gasteiger partial charge is 0.416 e. The van der Waals surface area contributed by atoms with Gasteiger partial charge in [-0.15, -0.1) is 11.3 Å². The number of benzene rings is 2. The van der Waals surface area contributed by atoms with Crippen molar-refractivity contribution >= 4 is 23.3 Å². The highest BCUT2D eigenvalue weighted by Crippen LogP contribution is 2.34. The largest absolute Gasteiger partial charge is 0.497 e. The number of alkyl halides is 3. The fourth-order valence-corrected chi connectivity index (χ4v) is 6.27. The number of hydrogen-bond donors (Lipinski definition) is 1. The molecule has 0 saturated carbocycles. The van der Waals surface area contributed by atoms with Gasteiger partial charge in [0, 0.05) is 42.7 Å². The minimum Gasteiger partial charge on any atom is -0.497 e. The van der Waals surface area contributed by atoms with Gasteiger partial charge in [0.05, 0.1) is 40.9 Å². The Balaban J connectivity index is 1.76. The molecule has 0 spiro atoms. The number of carbonyl (C=O) groups is 1. The minimum atomic E-state index is -4.45. The second-order valence-electron chi connectivity index (χ2n) is 11.3. The number of aromatic nitrogens is 2. The summed E-state index contributed by atoms with van der Waals surface area (Å²) >= 11 is 1.20. The van der Waals surface area contributed by atoms with E-state index in [-0.39, 0.29) is 23.1 Å². The first kappa shape index (κ1) is 32.2. The van der Waals surface area contributed by atoms with Crippen molar-refractivity contribution in [3.8, 4) is 33.3 Å². The van der Waals surface area contributed by atoms with Crippen LogP contribution < -0.4 is 15.6 Å². The van der Waals surface area contributed by atoms with E-state index >= 15 is 0 Å². The van der Waals surface area contributed by atoms with Gasteiger partial charge < -0.3 is 15.0 Å². The van der Waals surface area contributed by atoms with Gasteiger partial charge in [-0.05, 0) is 63.1 Å². The van der Waals surface area contributed by atoms with Crippen LogP contribution in [-0.2, 0) is 12.6 Å². The Bertz CT molecular complexity index is 1800. The molecule has 1 N–H and O–H groups in total. The summed E-state index contributed by atoms with van der Waals surface area (Å²) in [5.41, 5.74) is 3.22. The molecule has 1 atom stereocenters. The quantitative estimate of drug-likeness (QED) is 0.235. The number of amides is 1. The molecule has 1 aliphatic rings. The Labute approximate surface area is 264 Å². The van der Waals surface area contributed by atoms with Crippen LogP contribution in [0.5, 0.6) is 5.75 Å². The Morgan fingerprint density at radius 1 is 1.16 bits per heavy atom. The topological polar surface area (TPSA) is 76.5 Å². The number of piperazine rings is 1. The molecule has 1 aliphatic heterocycles. The average molecular weight is 637 g/mol. The Morgan fingerprint density at radius 2 is 1.89 bits per heavy atom. The Kier molecular flexibility index (Phi) is 9.31. The van der Waals surface area contributed by atoms with Gasteiger partial charge >= 0.3 is 6.18 Å². The molecule has 0 radical (unpaired) electrons.